The van der Waals surface area contributed by atoms with Gasteiger partial charge >= 0.3 is 0 Å². The van der Waals surface area contributed by atoms with E-state index in [0.29, 0.717) is 0 Å². The first-order valence-corrected chi connectivity index (χ1v) is 21.7. The molecule has 3 heteroatoms. The van der Waals surface area contributed by atoms with Crippen LogP contribution in [0.5, 0.6) is 0 Å². The highest BCUT2D eigenvalue weighted by molar-refractivity contribution is 7.21. The lowest BCUT2D eigenvalue weighted by molar-refractivity contribution is 1.17. The Hall–Kier alpha value is -7.20. The van der Waals surface area contributed by atoms with Gasteiger partial charge in [0.1, 0.15) is 0 Å². The molecule has 9 aromatic carbocycles. The van der Waals surface area contributed by atoms with E-state index in [1.54, 1.807) is 0 Å². The molecule has 0 aliphatic heterocycles. The molecule has 0 spiro atoms. The van der Waals surface area contributed by atoms with Crippen LogP contribution in [0, 0.1) is 0 Å². The molecule has 11 rings (SSSR count). The fourth-order valence-electron chi connectivity index (χ4n) is 9.52. The standard InChI is InChI=1S/C54H38N2Si/c1-6-20-39(21-7-1)45-35-36-48-46-30-16-19-33-51(46)56(41-34-37-52-49(38-41)47-31-17-18-32-50(47)55(52)40-22-8-2-9-23-40)53(48)54(45)57(42-24-10-3-11-25-42,43-26-12-4-13-27-43)44-28-14-5-15-29-44/h1-38H. The molecule has 11 aromatic rings. The average Bonchev–Trinajstić information content (AvgIpc) is 3.81. The Kier molecular flexibility index (Phi) is 7.87. The zero-order valence-corrected chi connectivity index (χ0v) is 32.3. The average molecular weight is 743 g/mol. The predicted octanol–water partition coefficient (Wildman–Crippen LogP) is 10.9. The lowest BCUT2D eigenvalue weighted by Crippen LogP contribution is -2.75. The Balaban J connectivity index is 1.35. The Morgan fingerprint density at radius 2 is 0.754 bits per heavy atom. The van der Waals surface area contributed by atoms with Crippen LogP contribution in [0.3, 0.4) is 0 Å². The van der Waals surface area contributed by atoms with Gasteiger partial charge in [0.05, 0.1) is 22.1 Å². The first-order chi connectivity index (χ1) is 28.3. The summed E-state index contributed by atoms with van der Waals surface area (Å²) in [6.07, 6.45) is 0. The molecule has 268 valence electrons. The van der Waals surface area contributed by atoms with Crippen LogP contribution in [0.4, 0.5) is 0 Å². The van der Waals surface area contributed by atoms with Crippen LogP contribution in [0.15, 0.2) is 231 Å². The minimum Gasteiger partial charge on any atom is -0.309 e. The van der Waals surface area contributed by atoms with Crippen molar-refractivity contribution in [2.24, 2.45) is 0 Å². The van der Waals surface area contributed by atoms with Gasteiger partial charge in [-0.05, 0) is 74.3 Å². The summed E-state index contributed by atoms with van der Waals surface area (Å²) < 4.78 is 4.98. The van der Waals surface area contributed by atoms with Crippen LogP contribution < -0.4 is 20.7 Å². The van der Waals surface area contributed by atoms with Crippen molar-refractivity contribution in [3.63, 3.8) is 0 Å². The molecule has 0 bridgehead atoms. The normalized spacial score (nSPS) is 11.9. The molecule has 0 atom stereocenters. The molecular formula is C54H38N2Si. The largest absolute Gasteiger partial charge is 0.309 e. The number of fused-ring (bicyclic) bond motifs is 6. The lowest BCUT2D eigenvalue weighted by atomic mass is 10.0. The van der Waals surface area contributed by atoms with Crippen LogP contribution in [0.25, 0.3) is 66.1 Å². The molecule has 0 radical (unpaired) electrons. The van der Waals surface area contributed by atoms with E-state index in [0.717, 1.165) is 11.4 Å². The quantitative estimate of drug-likeness (QED) is 0.114. The zero-order valence-electron chi connectivity index (χ0n) is 31.3. The Morgan fingerprint density at radius 1 is 0.298 bits per heavy atom. The highest BCUT2D eigenvalue weighted by Gasteiger charge is 2.45. The van der Waals surface area contributed by atoms with E-state index in [4.69, 9.17) is 0 Å². The van der Waals surface area contributed by atoms with E-state index in [9.17, 15) is 0 Å². The molecule has 0 saturated carbocycles. The van der Waals surface area contributed by atoms with E-state index in [1.807, 2.05) is 0 Å². The second-order valence-electron chi connectivity index (χ2n) is 14.8. The monoisotopic (exact) mass is 742 g/mol. The van der Waals surface area contributed by atoms with Gasteiger partial charge in [-0.2, -0.15) is 0 Å². The smallest absolute Gasteiger partial charge is 0.182 e. The van der Waals surface area contributed by atoms with Gasteiger partial charge in [0.2, 0.25) is 0 Å². The van der Waals surface area contributed by atoms with E-state index in [2.05, 4.69) is 240 Å². The third kappa shape index (κ3) is 5.10. The highest BCUT2D eigenvalue weighted by atomic mass is 28.3. The van der Waals surface area contributed by atoms with Gasteiger partial charge < -0.3 is 9.13 Å². The van der Waals surface area contributed by atoms with Crippen LogP contribution in [0.2, 0.25) is 0 Å². The number of nitrogens with zero attached hydrogens (tertiary/aromatic N) is 2. The number of aromatic nitrogens is 2. The highest BCUT2D eigenvalue weighted by Crippen LogP contribution is 2.38. The summed E-state index contributed by atoms with van der Waals surface area (Å²) in [7, 11) is -3.08. The summed E-state index contributed by atoms with van der Waals surface area (Å²) in [5.41, 5.74) is 9.63. The number of benzene rings is 9. The van der Waals surface area contributed by atoms with E-state index < -0.39 is 8.07 Å². The number of rotatable bonds is 7. The fraction of sp³-hybridized carbons (Fsp3) is 0. The van der Waals surface area contributed by atoms with Gasteiger partial charge in [-0.1, -0.05) is 188 Å². The summed E-state index contributed by atoms with van der Waals surface area (Å²) in [5, 5.41) is 10.4. The molecule has 57 heavy (non-hydrogen) atoms. The summed E-state index contributed by atoms with van der Waals surface area (Å²) in [4.78, 5) is 0. The molecular weight excluding hydrogens is 705 g/mol. The zero-order chi connectivity index (χ0) is 37.8. The number of hydrogen-bond donors (Lipinski definition) is 0. The Morgan fingerprint density at radius 3 is 1.33 bits per heavy atom. The second kappa shape index (κ2) is 13.5. The summed E-state index contributed by atoms with van der Waals surface area (Å²) in [5.74, 6) is 0. The molecule has 0 saturated heterocycles. The molecule has 0 fully saturated rings. The van der Waals surface area contributed by atoms with Crippen molar-refractivity contribution in [2.45, 2.75) is 0 Å². The minimum absolute atomic E-state index is 1.15. The molecule has 0 aliphatic carbocycles. The predicted molar refractivity (Wildman–Crippen MR) is 244 cm³/mol. The van der Waals surface area contributed by atoms with Crippen molar-refractivity contribution < 1.29 is 0 Å². The van der Waals surface area contributed by atoms with Crippen LogP contribution in [-0.4, -0.2) is 17.2 Å². The lowest BCUT2D eigenvalue weighted by Gasteiger charge is -2.37. The van der Waals surface area contributed by atoms with E-state index in [-0.39, 0.29) is 0 Å². The topological polar surface area (TPSA) is 9.86 Å². The molecule has 2 heterocycles. The molecule has 2 nitrogen and oxygen atoms in total. The Bertz CT molecular complexity index is 3110. The van der Waals surface area contributed by atoms with Crippen molar-refractivity contribution in [3.05, 3.63) is 231 Å². The summed E-state index contributed by atoms with van der Waals surface area (Å²) in [6, 6.07) is 85.4. The minimum atomic E-state index is -3.08. The van der Waals surface area contributed by atoms with Crippen molar-refractivity contribution in [2.75, 3.05) is 0 Å². The van der Waals surface area contributed by atoms with Crippen LogP contribution in [0.1, 0.15) is 0 Å². The maximum Gasteiger partial charge on any atom is 0.182 e. The third-order valence-electron chi connectivity index (χ3n) is 11.8. The number of hydrogen-bond acceptors (Lipinski definition) is 0. The molecule has 0 N–H and O–H groups in total. The molecule has 0 aliphatic rings. The van der Waals surface area contributed by atoms with Gasteiger partial charge in [0.15, 0.2) is 8.07 Å². The van der Waals surface area contributed by atoms with Gasteiger partial charge in [-0.25, -0.2) is 0 Å². The Labute approximate surface area is 333 Å². The van der Waals surface area contributed by atoms with Crippen LogP contribution in [-0.2, 0) is 0 Å². The third-order valence-corrected chi connectivity index (χ3v) is 16.7. The van der Waals surface area contributed by atoms with Crippen molar-refractivity contribution >= 4 is 72.4 Å². The first kappa shape index (κ1) is 33.2. The van der Waals surface area contributed by atoms with Gasteiger partial charge in [-0.15, -0.1) is 0 Å². The molecule has 0 amide bonds. The molecule has 2 aromatic heterocycles. The first-order valence-electron chi connectivity index (χ1n) is 19.7. The van der Waals surface area contributed by atoms with E-state index in [1.165, 1.54) is 75.5 Å². The summed E-state index contributed by atoms with van der Waals surface area (Å²) >= 11 is 0. The fourth-order valence-corrected chi connectivity index (χ4v) is 14.7. The maximum atomic E-state index is 2.58. The van der Waals surface area contributed by atoms with E-state index >= 15 is 0 Å². The van der Waals surface area contributed by atoms with Gasteiger partial charge in [0.25, 0.3) is 0 Å². The summed E-state index contributed by atoms with van der Waals surface area (Å²) in [6.45, 7) is 0. The second-order valence-corrected chi connectivity index (χ2v) is 18.6. The SMILES string of the molecule is c1ccc(-c2ccc3c4ccccc4n(-c4ccc5c(c4)c4ccccc4n5-c4ccccc4)c3c2[Si](c2ccccc2)(c2ccccc2)c2ccccc2)cc1. The number of para-hydroxylation sites is 3. The molecule has 0 unspecified atom stereocenters. The maximum absolute atomic E-state index is 3.08. The van der Waals surface area contributed by atoms with Gasteiger partial charge in [0, 0.05) is 32.9 Å². The van der Waals surface area contributed by atoms with Crippen LogP contribution >= 0.6 is 0 Å². The van der Waals surface area contributed by atoms with Crippen molar-refractivity contribution in [1.29, 1.82) is 0 Å². The van der Waals surface area contributed by atoms with Gasteiger partial charge in [-0.3, -0.25) is 0 Å². The van der Waals surface area contributed by atoms with Crippen molar-refractivity contribution in [3.8, 4) is 22.5 Å². The van der Waals surface area contributed by atoms with Crippen molar-refractivity contribution in [1.82, 2.24) is 9.13 Å².